The third kappa shape index (κ3) is 2.87. The Kier molecular flexibility index (Phi) is 4.09. The Bertz CT molecular complexity index is 609. The minimum absolute atomic E-state index is 0.242. The molecular formula is C18H21NO2. The van der Waals surface area contributed by atoms with Crippen LogP contribution < -0.4 is 0 Å². The van der Waals surface area contributed by atoms with Crippen molar-refractivity contribution in [3.8, 4) is 11.3 Å². The third-order valence-corrected chi connectivity index (χ3v) is 4.35. The van der Waals surface area contributed by atoms with E-state index in [0.717, 1.165) is 29.8 Å². The van der Waals surface area contributed by atoms with Gasteiger partial charge in [0.25, 0.3) is 0 Å². The number of ether oxygens (including phenoxy) is 1. The second-order valence-electron chi connectivity index (χ2n) is 5.70. The van der Waals surface area contributed by atoms with Crippen LogP contribution in [0, 0.1) is 0 Å². The molecule has 21 heavy (non-hydrogen) atoms. The quantitative estimate of drug-likeness (QED) is 0.842. The molecule has 3 heteroatoms. The maximum atomic E-state index is 12.1. The standard InChI is InChI=1S/C18H21NO2/c1-21-18(20)15-12-16(13-8-4-2-5-9-13)19-17(15)14-10-6-3-7-11-14/h2,4-5,8-9,12,14,19H,3,6-7,10-11H2,1H3. The van der Waals surface area contributed by atoms with Gasteiger partial charge in [0.15, 0.2) is 0 Å². The summed E-state index contributed by atoms with van der Waals surface area (Å²) >= 11 is 0. The number of H-pyrrole nitrogens is 1. The minimum Gasteiger partial charge on any atom is -0.465 e. The Balaban J connectivity index is 2.00. The molecule has 2 aromatic rings. The van der Waals surface area contributed by atoms with Crippen molar-refractivity contribution in [3.63, 3.8) is 0 Å². The van der Waals surface area contributed by atoms with E-state index in [-0.39, 0.29) is 5.97 Å². The molecule has 1 aromatic heterocycles. The summed E-state index contributed by atoms with van der Waals surface area (Å²) in [7, 11) is 1.45. The van der Waals surface area contributed by atoms with Crippen LogP contribution >= 0.6 is 0 Å². The number of carbonyl (C=O) groups excluding carboxylic acids is 1. The van der Waals surface area contributed by atoms with E-state index < -0.39 is 0 Å². The number of rotatable bonds is 3. The molecule has 0 bridgehead atoms. The van der Waals surface area contributed by atoms with Crippen LogP contribution in [-0.2, 0) is 4.74 Å². The van der Waals surface area contributed by atoms with E-state index in [0.29, 0.717) is 11.5 Å². The van der Waals surface area contributed by atoms with Crippen LogP contribution in [0.25, 0.3) is 11.3 Å². The summed E-state index contributed by atoms with van der Waals surface area (Å²) in [5.74, 6) is 0.208. The van der Waals surface area contributed by atoms with E-state index in [9.17, 15) is 4.79 Å². The van der Waals surface area contributed by atoms with Gasteiger partial charge in [0, 0.05) is 11.4 Å². The lowest BCUT2D eigenvalue weighted by Gasteiger charge is -2.21. The highest BCUT2D eigenvalue weighted by Crippen LogP contribution is 2.36. The molecule has 0 aliphatic heterocycles. The summed E-state index contributed by atoms with van der Waals surface area (Å²) in [5, 5.41) is 0. The first-order valence-electron chi connectivity index (χ1n) is 7.66. The van der Waals surface area contributed by atoms with Gasteiger partial charge in [-0.15, -0.1) is 0 Å². The lowest BCUT2D eigenvalue weighted by Crippen LogP contribution is -2.10. The highest BCUT2D eigenvalue weighted by atomic mass is 16.5. The normalized spacial score (nSPS) is 15.9. The number of benzene rings is 1. The van der Waals surface area contributed by atoms with Crippen LogP contribution in [0.15, 0.2) is 36.4 Å². The van der Waals surface area contributed by atoms with E-state index in [1.807, 2.05) is 24.3 Å². The zero-order valence-corrected chi connectivity index (χ0v) is 12.4. The van der Waals surface area contributed by atoms with Crippen molar-refractivity contribution < 1.29 is 9.53 Å². The first-order chi connectivity index (χ1) is 10.3. The molecule has 0 saturated heterocycles. The molecule has 1 heterocycles. The zero-order valence-electron chi connectivity index (χ0n) is 12.4. The Labute approximate surface area is 125 Å². The predicted octanol–water partition coefficient (Wildman–Crippen LogP) is 4.52. The summed E-state index contributed by atoms with van der Waals surface area (Å²) in [4.78, 5) is 15.6. The number of hydrogen-bond acceptors (Lipinski definition) is 2. The summed E-state index contributed by atoms with van der Waals surface area (Å²) in [6, 6.07) is 12.1. The summed E-state index contributed by atoms with van der Waals surface area (Å²) in [5.41, 5.74) is 3.85. The van der Waals surface area contributed by atoms with E-state index in [4.69, 9.17) is 4.74 Å². The molecule has 0 amide bonds. The van der Waals surface area contributed by atoms with E-state index in [2.05, 4.69) is 17.1 Å². The minimum atomic E-state index is -0.242. The molecule has 0 atom stereocenters. The van der Waals surface area contributed by atoms with Crippen LogP contribution in [0.2, 0.25) is 0 Å². The number of carbonyl (C=O) groups is 1. The number of methoxy groups -OCH3 is 1. The van der Waals surface area contributed by atoms with Crippen molar-refractivity contribution in [3.05, 3.63) is 47.7 Å². The molecular weight excluding hydrogens is 262 g/mol. The summed E-state index contributed by atoms with van der Waals surface area (Å²) < 4.78 is 4.96. The molecule has 3 rings (SSSR count). The molecule has 1 saturated carbocycles. The molecule has 110 valence electrons. The van der Waals surface area contributed by atoms with Crippen LogP contribution in [0.3, 0.4) is 0 Å². The van der Waals surface area contributed by atoms with E-state index >= 15 is 0 Å². The SMILES string of the molecule is COC(=O)c1cc(-c2ccccc2)[nH]c1C1CCCCC1. The Morgan fingerprint density at radius 2 is 1.86 bits per heavy atom. The van der Waals surface area contributed by atoms with Crippen LogP contribution in [-0.4, -0.2) is 18.1 Å². The van der Waals surface area contributed by atoms with Crippen molar-refractivity contribution in [2.75, 3.05) is 7.11 Å². The molecule has 1 N–H and O–H groups in total. The highest BCUT2D eigenvalue weighted by molar-refractivity contribution is 5.92. The first kappa shape index (κ1) is 13.9. The number of nitrogens with one attached hydrogen (secondary N) is 1. The van der Waals surface area contributed by atoms with Crippen molar-refractivity contribution in [1.29, 1.82) is 0 Å². The lowest BCUT2D eigenvalue weighted by molar-refractivity contribution is 0.0598. The Hall–Kier alpha value is -2.03. The van der Waals surface area contributed by atoms with Crippen molar-refractivity contribution in [2.45, 2.75) is 38.0 Å². The van der Waals surface area contributed by atoms with Crippen molar-refractivity contribution in [1.82, 2.24) is 4.98 Å². The topological polar surface area (TPSA) is 42.1 Å². The van der Waals surface area contributed by atoms with Gasteiger partial charge in [-0.3, -0.25) is 0 Å². The average Bonchev–Trinajstić information content (AvgIpc) is 3.01. The number of hydrogen-bond donors (Lipinski definition) is 1. The average molecular weight is 283 g/mol. The number of aromatic nitrogens is 1. The maximum absolute atomic E-state index is 12.1. The zero-order chi connectivity index (χ0) is 14.7. The van der Waals surface area contributed by atoms with Gasteiger partial charge in [-0.2, -0.15) is 0 Å². The Morgan fingerprint density at radius 1 is 1.14 bits per heavy atom. The van der Waals surface area contributed by atoms with Gasteiger partial charge in [0.05, 0.1) is 12.7 Å². The van der Waals surface area contributed by atoms with Crippen LogP contribution in [0.4, 0.5) is 0 Å². The van der Waals surface area contributed by atoms with Gasteiger partial charge >= 0.3 is 5.97 Å². The van der Waals surface area contributed by atoms with Crippen molar-refractivity contribution in [2.24, 2.45) is 0 Å². The largest absolute Gasteiger partial charge is 0.465 e. The van der Waals surface area contributed by atoms with Gasteiger partial charge in [0.2, 0.25) is 0 Å². The van der Waals surface area contributed by atoms with Gasteiger partial charge in [-0.05, 0) is 30.4 Å². The number of aromatic amines is 1. The lowest BCUT2D eigenvalue weighted by atomic mass is 9.85. The van der Waals surface area contributed by atoms with Gasteiger partial charge < -0.3 is 9.72 Å². The van der Waals surface area contributed by atoms with Crippen LogP contribution in [0.5, 0.6) is 0 Å². The molecule has 1 aliphatic carbocycles. The van der Waals surface area contributed by atoms with Gasteiger partial charge in [0.1, 0.15) is 0 Å². The fourth-order valence-corrected chi connectivity index (χ4v) is 3.24. The summed E-state index contributed by atoms with van der Waals surface area (Å²) in [6.07, 6.45) is 6.09. The molecule has 1 aromatic carbocycles. The monoisotopic (exact) mass is 283 g/mol. The second-order valence-corrected chi connectivity index (χ2v) is 5.70. The smallest absolute Gasteiger partial charge is 0.339 e. The third-order valence-electron chi connectivity index (χ3n) is 4.35. The highest BCUT2D eigenvalue weighted by Gasteiger charge is 2.24. The summed E-state index contributed by atoms with van der Waals surface area (Å²) in [6.45, 7) is 0. The molecule has 0 radical (unpaired) electrons. The molecule has 1 fully saturated rings. The van der Waals surface area contributed by atoms with Gasteiger partial charge in [-0.1, -0.05) is 49.6 Å². The second kappa shape index (κ2) is 6.17. The molecule has 3 nitrogen and oxygen atoms in total. The van der Waals surface area contributed by atoms with E-state index in [1.165, 1.54) is 26.4 Å². The Morgan fingerprint density at radius 3 is 2.52 bits per heavy atom. The molecule has 0 unspecified atom stereocenters. The predicted molar refractivity (Wildman–Crippen MR) is 83.4 cm³/mol. The fraction of sp³-hybridized carbons (Fsp3) is 0.389. The van der Waals surface area contributed by atoms with Gasteiger partial charge in [-0.25, -0.2) is 4.79 Å². The van der Waals surface area contributed by atoms with E-state index in [1.54, 1.807) is 0 Å². The van der Waals surface area contributed by atoms with Crippen LogP contribution in [0.1, 0.15) is 54.1 Å². The maximum Gasteiger partial charge on any atom is 0.339 e. The first-order valence-corrected chi connectivity index (χ1v) is 7.66. The molecule has 1 aliphatic rings. The fourth-order valence-electron chi connectivity index (χ4n) is 3.24. The number of esters is 1. The molecule has 0 spiro atoms. The van der Waals surface area contributed by atoms with Crippen molar-refractivity contribution >= 4 is 5.97 Å².